The van der Waals surface area contributed by atoms with Crippen LogP contribution in [-0.2, 0) is 4.79 Å². The molecule has 130 valence electrons. The van der Waals surface area contributed by atoms with E-state index >= 15 is 0 Å². The molecule has 0 radical (unpaired) electrons. The highest BCUT2D eigenvalue weighted by Crippen LogP contribution is 2.22. The zero-order valence-electron chi connectivity index (χ0n) is 13.0. The van der Waals surface area contributed by atoms with Crippen LogP contribution in [0.25, 0.3) is 0 Å². The number of hydrogen-bond donors (Lipinski definition) is 2. The minimum atomic E-state index is -0.643. The molecule has 8 heteroatoms. The molecule has 2 unspecified atom stereocenters. The summed E-state index contributed by atoms with van der Waals surface area (Å²) in [7, 11) is 0. The van der Waals surface area contributed by atoms with Crippen molar-refractivity contribution < 1.29 is 19.1 Å². The molecule has 6 nitrogen and oxygen atoms in total. The normalized spacial score (nSPS) is 24.3. The summed E-state index contributed by atoms with van der Waals surface area (Å²) in [6.07, 6.45) is -0.0898. The van der Waals surface area contributed by atoms with Crippen molar-refractivity contribution in [3.8, 4) is 0 Å². The molecular formula is C16H19ClFN3O3. The molecule has 0 spiro atoms. The summed E-state index contributed by atoms with van der Waals surface area (Å²) in [5.41, 5.74) is -0.125. The fraction of sp³-hybridized carbons (Fsp3) is 0.500. The Morgan fingerprint density at radius 2 is 1.88 bits per heavy atom. The molecule has 1 aromatic carbocycles. The Morgan fingerprint density at radius 3 is 2.46 bits per heavy atom. The highest BCUT2D eigenvalue weighted by Gasteiger charge is 2.34. The van der Waals surface area contributed by atoms with Gasteiger partial charge in [-0.15, -0.1) is 0 Å². The summed E-state index contributed by atoms with van der Waals surface area (Å²) in [5, 5.41) is 12.6. The smallest absolute Gasteiger partial charge is 0.258 e. The average molecular weight is 356 g/mol. The molecule has 2 aliphatic rings. The fourth-order valence-electron chi connectivity index (χ4n) is 3.12. The van der Waals surface area contributed by atoms with E-state index in [9.17, 15) is 19.1 Å². The van der Waals surface area contributed by atoms with Crippen molar-refractivity contribution >= 4 is 23.4 Å². The second-order valence-electron chi connectivity index (χ2n) is 6.06. The van der Waals surface area contributed by atoms with Crippen molar-refractivity contribution in [2.24, 2.45) is 0 Å². The van der Waals surface area contributed by atoms with Crippen LogP contribution in [0, 0.1) is 5.82 Å². The molecule has 2 amide bonds. The highest BCUT2D eigenvalue weighted by molar-refractivity contribution is 6.33. The maximum absolute atomic E-state index is 13.9. The van der Waals surface area contributed by atoms with Crippen molar-refractivity contribution in [2.45, 2.75) is 18.6 Å². The summed E-state index contributed by atoms with van der Waals surface area (Å²) < 4.78 is 13.9. The molecule has 2 heterocycles. The van der Waals surface area contributed by atoms with Crippen LogP contribution in [0.4, 0.5) is 4.39 Å². The van der Waals surface area contributed by atoms with Crippen LogP contribution < -0.4 is 5.32 Å². The molecule has 0 saturated carbocycles. The molecule has 0 aromatic heterocycles. The number of aliphatic hydroxyl groups excluding tert-OH is 1. The number of benzene rings is 1. The lowest BCUT2D eigenvalue weighted by atomic mass is 10.1. The van der Waals surface area contributed by atoms with Gasteiger partial charge in [-0.25, -0.2) is 4.39 Å². The van der Waals surface area contributed by atoms with Crippen LogP contribution in [0.15, 0.2) is 18.2 Å². The number of rotatable bonds is 2. The van der Waals surface area contributed by atoms with Crippen molar-refractivity contribution in [3.63, 3.8) is 0 Å². The minimum absolute atomic E-state index is 0.0671. The quantitative estimate of drug-likeness (QED) is 0.809. The van der Waals surface area contributed by atoms with Gasteiger partial charge in [0.2, 0.25) is 5.91 Å². The van der Waals surface area contributed by atoms with Gasteiger partial charge in [0.25, 0.3) is 5.91 Å². The molecule has 2 saturated heterocycles. The first-order chi connectivity index (χ1) is 11.5. The minimum Gasteiger partial charge on any atom is -0.392 e. The lowest BCUT2D eigenvalue weighted by Crippen LogP contribution is -2.54. The second kappa shape index (κ2) is 7.04. The number of nitrogens with one attached hydrogen (secondary N) is 1. The van der Waals surface area contributed by atoms with Crippen LogP contribution in [-0.4, -0.2) is 71.6 Å². The van der Waals surface area contributed by atoms with Crippen molar-refractivity contribution in [1.82, 2.24) is 15.1 Å². The average Bonchev–Trinajstić information content (AvgIpc) is 3.00. The number of hydrogen-bond acceptors (Lipinski definition) is 4. The molecule has 2 atom stereocenters. The molecule has 0 bridgehead atoms. The number of β-amino-alcohol motifs (C(OH)–C–C–N with tert-alkyl or cyclic N) is 1. The van der Waals surface area contributed by atoms with Crippen LogP contribution >= 0.6 is 11.6 Å². The molecule has 24 heavy (non-hydrogen) atoms. The zero-order chi connectivity index (χ0) is 17.3. The van der Waals surface area contributed by atoms with Crippen LogP contribution in [0.1, 0.15) is 16.8 Å². The summed E-state index contributed by atoms with van der Waals surface area (Å²) in [6.45, 7) is 1.82. The van der Waals surface area contributed by atoms with E-state index in [0.29, 0.717) is 39.1 Å². The number of piperazine rings is 1. The monoisotopic (exact) mass is 355 g/mol. The van der Waals surface area contributed by atoms with Crippen molar-refractivity contribution in [3.05, 3.63) is 34.6 Å². The maximum atomic E-state index is 13.9. The van der Waals surface area contributed by atoms with E-state index < -0.39 is 17.8 Å². The van der Waals surface area contributed by atoms with Crippen molar-refractivity contribution in [1.29, 1.82) is 0 Å². The second-order valence-corrected chi connectivity index (χ2v) is 6.47. The van der Waals surface area contributed by atoms with E-state index in [1.807, 2.05) is 0 Å². The van der Waals surface area contributed by atoms with Gasteiger partial charge in [-0.1, -0.05) is 17.7 Å². The van der Waals surface area contributed by atoms with Gasteiger partial charge >= 0.3 is 0 Å². The number of aliphatic hydroxyl groups is 1. The van der Waals surface area contributed by atoms with Crippen LogP contribution in [0.3, 0.4) is 0 Å². The fourth-order valence-corrected chi connectivity index (χ4v) is 3.36. The number of carbonyl (C=O) groups excluding carboxylic acids is 2. The van der Waals surface area contributed by atoms with Gasteiger partial charge in [-0.05, 0) is 18.6 Å². The molecule has 1 aromatic rings. The Labute approximate surface area is 144 Å². The summed E-state index contributed by atoms with van der Waals surface area (Å²) in [5.74, 6) is -1.17. The Morgan fingerprint density at radius 1 is 1.21 bits per heavy atom. The molecule has 0 aliphatic carbocycles. The van der Waals surface area contributed by atoms with Gasteiger partial charge < -0.3 is 20.2 Å². The van der Waals surface area contributed by atoms with E-state index in [-0.39, 0.29) is 22.5 Å². The Kier molecular flexibility index (Phi) is 5.03. The van der Waals surface area contributed by atoms with Crippen molar-refractivity contribution in [2.75, 3.05) is 32.7 Å². The first-order valence-electron chi connectivity index (χ1n) is 7.91. The van der Waals surface area contributed by atoms with Gasteiger partial charge in [0.15, 0.2) is 0 Å². The standard InChI is InChI=1S/C16H19ClFN3O3/c17-11-2-1-3-12(18)14(11)16(24)21-6-4-20(5-7-21)15(23)13-8-10(22)9-19-13/h1-3,10,13,19,22H,4-9H2. The summed E-state index contributed by atoms with van der Waals surface area (Å²) in [4.78, 5) is 28.0. The van der Waals surface area contributed by atoms with Gasteiger partial charge in [-0.2, -0.15) is 0 Å². The zero-order valence-corrected chi connectivity index (χ0v) is 13.8. The van der Waals surface area contributed by atoms with Crippen LogP contribution in [0.2, 0.25) is 5.02 Å². The molecule has 2 N–H and O–H groups in total. The van der Waals surface area contributed by atoms with E-state index in [0.717, 1.165) is 0 Å². The molecular weight excluding hydrogens is 337 g/mol. The number of nitrogens with zero attached hydrogens (tertiary/aromatic N) is 2. The maximum Gasteiger partial charge on any atom is 0.258 e. The van der Waals surface area contributed by atoms with Gasteiger partial charge in [0, 0.05) is 32.7 Å². The molecule has 3 rings (SSSR count). The van der Waals surface area contributed by atoms with E-state index in [2.05, 4.69) is 5.32 Å². The summed E-state index contributed by atoms with van der Waals surface area (Å²) in [6, 6.07) is 3.77. The number of halogens is 2. The largest absolute Gasteiger partial charge is 0.392 e. The van der Waals surface area contributed by atoms with Crippen LogP contribution in [0.5, 0.6) is 0 Å². The first kappa shape index (κ1) is 17.1. The predicted octanol–water partition coefficient (Wildman–Crippen LogP) is 0.486. The SMILES string of the molecule is O=C(c1c(F)cccc1Cl)N1CCN(C(=O)C2CC(O)CN2)CC1. The van der Waals surface area contributed by atoms with Gasteiger partial charge in [0.1, 0.15) is 5.82 Å². The third kappa shape index (κ3) is 3.38. The number of amides is 2. The summed E-state index contributed by atoms with van der Waals surface area (Å²) >= 11 is 5.94. The Hall–Kier alpha value is -1.70. The topological polar surface area (TPSA) is 72.9 Å². The molecule has 2 aliphatic heterocycles. The first-order valence-corrected chi connectivity index (χ1v) is 8.28. The van der Waals surface area contributed by atoms with E-state index in [4.69, 9.17) is 11.6 Å². The third-order valence-corrected chi connectivity index (χ3v) is 4.78. The number of carbonyl (C=O) groups is 2. The van der Waals surface area contributed by atoms with Gasteiger partial charge in [0.05, 0.1) is 22.7 Å². The lowest BCUT2D eigenvalue weighted by Gasteiger charge is -2.36. The lowest BCUT2D eigenvalue weighted by molar-refractivity contribution is -0.134. The van der Waals surface area contributed by atoms with E-state index in [1.54, 1.807) is 4.90 Å². The Bertz CT molecular complexity index is 629. The predicted molar refractivity (Wildman–Crippen MR) is 86.3 cm³/mol. The van der Waals surface area contributed by atoms with Gasteiger partial charge in [-0.3, -0.25) is 9.59 Å². The van der Waals surface area contributed by atoms with E-state index in [1.165, 1.54) is 23.1 Å². The Balaban J connectivity index is 1.61. The molecule has 2 fully saturated rings. The highest BCUT2D eigenvalue weighted by atomic mass is 35.5. The third-order valence-electron chi connectivity index (χ3n) is 4.46.